The van der Waals surface area contributed by atoms with Crippen molar-refractivity contribution in [3.05, 3.63) is 58.0 Å². The van der Waals surface area contributed by atoms with E-state index in [1.807, 2.05) is 26.0 Å². The number of nitrogens with zero attached hydrogens (tertiary/aromatic N) is 1. The van der Waals surface area contributed by atoms with Gasteiger partial charge in [0.2, 0.25) is 0 Å². The summed E-state index contributed by atoms with van der Waals surface area (Å²) in [4.78, 5) is 22.9. The number of hydrogen-bond donors (Lipinski definition) is 2. The summed E-state index contributed by atoms with van der Waals surface area (Å²) in [6.45, 7) is 8.24. The third-order valence-corrected chi connectivity index (χ3v) is 4.31. The van der Waals surface area contributed by atoms with E-state index in [2.05, 4.69) is 41.2 Å². The van der Waals surface area contributed by atoms with Crippen molar-refractivity contribution in [2.45, 2.75) is 27.7 Å². The number of aryl methyl sites for hydroxylation is 2. The van der Waals surface area contributed by atoms with Crippen LogP contribution in [0.2, 0.25) is 0 Å². The fraction of sp³-hybridized carbons (Fsp3) is 0.222. The minimum Gasteiger partial charge on any atom is -0.318 e. The van der Waals surface area contributed by atoms with Crippen LogP contribution in [0.4, 0.5) is 4.79 Å². The highest BCUT2D eigenvalue weighted by Gasteiger charge is 2.23. The van der Waals surface area contributed by atoms with Crippen LogP contribution in [0.1, 0.15) is 28.1 Å². The third-order valence-electron chi connectivity index (χ3n) is 4.31. The molecule has 0 bridgehead atoms. The maximum Gasteiger partial charge on any atom is 0.326 e. The zero-order valence-electron chi connectivity index (χ0n) is 13.7. The van der Waals surface area contributed by atoms with Crippen LogP contribution in [0.15, 0.2) is 30.0 Å². The number of hydrogen-bond acceptors (Lipinski definition) is 2. The maximum atomic E-state index is 11.7. The lowest BCUT2D eigenvalue weighted by molar-refractivity contribution is -0.115. The van der Waals surface area contributed by atoms with Gasteiger partial charge in [-0.15, -0.1) is 0 Å². The minimum absolute atomic E-state index is 0.274. The summed E-state index contributed by atoms with van der Waals surface area (Å²) < 4.78 is 2.17. The normalized spacial score (nSPS) is 15.9. The highest BCUT2D eigenvalue weighted by molar-refractivity contribution is 6.14. The number of carbonyl (C=O) groups excluding carboxylic acids is 2. The molecule has 0 spiro atoms. The molecule has 5 heteroatoms. The highest BCUT2D eigenvalue weighted by Crippen LogP contribution is 2.26. The Balaban J connectivity index is 2.11. The van der Waals surface area contributed by atoms with Crippen molar-refractivity contribution in [2.75, 3.05) is 0 Å². The van der Waals surface area contributed by atoms with Crippen molar-refractivity contribution in [2.24, 2.45) is 0 Å². The van der Waals surface area contributed by atoms with Crippen molar-refractivity contribution >= 4 is 18.0 Å². The first-order chi connectivity index (χ1) is 10.9. The van der Waals surface area contributed by atoms with Gasteiger partial charge in [-0.2, -0.15) is 0 Å². The van der Waals surface area contributed by atoms with Gasteiger partial charge in [-0.05, 0) is 62.6 Å². The van der Waals surface area contributed by atoms with E-state index in [-0.39, 0.29) is 5.70 Å². The maximum absolute atomic E-state index is 11.7. The molecule has 1 aromatic heterocycles. The summed E-state index contributed by atoms with van der Waals surface area (Å²) >= 11 is 0. The lowest BCUT2D eigenvalue weighted by Gasteiger charge is -2.14. The predicted molar refractivity (Wildman–Crippen MR) is 89.4 cm³/mol. The van der Waals surface area contributed by atoms with E-state index in [1.54, 1.807) is 6.08 Å². The van der Waals surface area contributed by atoms with E-state index in [0.717, 1.165) is 22.6 Å². The van der Waals surface area contributed by atoms with E-state index < -0.39 is 11.9 Å². The molecule has 1 aliphatic heterocycles. The Kier molecular flexibility index (Phi) is 3.56. The molecule has 0 atom stereocenters. The monoisotopic (exact) mass is 309 g/mol. The molecule has 0 aliphatic carbocycles. The van der Waals surface area contributed by atoms with Crippen LogP contribution in [0, 0.1) is 27.7 Å². The summed E-state index contributed by atoms with van der Waals surface area (Å²) in [7, 11) is 0. The van der Waals surface area contributed by atoms with Gasteiger partial charge in [-0.3, -0.25) is 10.1 Å². The van der Waals surface area contributed by atoms with Crippen LogP contribution in [-0.4, -0.2) is 16.5 Å². The van der Waals surface area contributed by atoms with Crippen molar-refractivity contribution in [1.82, 2.24) is 15.2 Å². The van der Waals surface area contributed by atoms with Gasteiger partial charge in [0.05, 0.1) is 0 Å². The average molecular weight is 309 g/mol. The Bertz CT molecular complexity index is 859. The topological polar surface area (TPSA) is 63.1 Å². The van der Waals surface area contributed by atoms with Gasteiger partial charge in [0.25, 0.3) is 5.91 Å². The van der Waals surface area contributed by atoms with E-state index in [9.17, 15) is 9.59 Å². The Morgan fingerprint density at radius 2 is 1.78 bits per heavy atom. The molecule has 2 N–H and O–H groups in total. The molecule has 23 heavy (non-hydrogen) atoms. The smallest absolute Gasteiger partial charge is 0.318 e. The molecule has 0 radical (unpaired) electrons. The van der Waals surface area contributed by atoms with Crippen LogP contribution in [-0.2, 0) is 4.79 Å². The average Bonchev–Trinajstić information content (AvgIpc) is 2.94. The summed E-state index contributed by atoms with van der Waals surface area (Å²) in [6, 6.07) is 7.75. The summed E-state index contributed by atoms with van der Waals surface area (Å²) in [5, 5.41) is 4.73. The van der Waals surface area contributed by atoms with E-state index >= 15 is 0 Å². The van der Waals surface area contributed by atoms with Crippen LogP contribution in [0.25, 0.3) is 11.8 Å². The Morgan fingerprint density at radius 3 is 2.43 bits per heavy atom. The molecule has 1 saturated heterocycles. The van der Waals surface area contributed by atoms with Gasteiger partial charge in [0.15, 0.2) is 0 Å². The summed E-state index contributed by atoms with van der Waals surface area (Å²) in [5.41, 5.74) is 6.87. The Hall–Kier alpha value is -2.82. The van der Waals surface area contributed by atoms with Crippen molar-refractivity contribution in [3.63, 3.8) is 0 Å². The second kappa shape index (κ2) is 5.43. The fourth-order valence-electron chi connectivity index (χ4n) is 2.92. The van der Waals surface area contributed by atoms with E-state index in [4.69, 9.17) is 0 Å². The van der Waals surface area contributed by atoms with E-state index in [0.29, 0.717) is 0 Å². The lowest BCUT2D eigenvalue weighted by atomic mass is 10.1. The number of imide groups is 1. The standard InChI is InChI=1S/C18H19N3O2/c1-10-6-5-7-16(12(10)3)21-11(2)8-14(13(21)4)9-15-17(22)20-18(23)19-15/h5-9H,1-4H3,(H2,19,20,22,23)/b15-9+. The molecule has 5 nitrogen and oxygen atoms in total. The van der Waals surface area contributed by atoms with Gasteiger partial charge in [-0.1, -0.05) is 12.1 Å². The quantitative estimate of drug-likeness (QED) is 0.662. The highest BCUT2D eigenvalue weighted by atomic mass is 16.2. The van der Waals surface area contributed by atoms with Gasteiger partial charge in [-0.25, -0.2) is 4.79 Å². The fourth-order valence-corrected chi connectivity index (χ4v) is 2.92. The number of amides is 3. The largest absolute Gasteiger partial charge is 0.326 e. The number of carbonyl (C=O) groups is 2. The molecule has 1 aromatic carbocycles. The molecule has 3 amide bonds. The van der Waals surface area contributed by atoms with E-state index in [1.165, 1.54) is 11.1 Å². The second-order valence-corrected chi connectivity index (χ2v) is 5.85. The number of nitrogens with one attached hydrogen (secondary N) is 2. The van der Waals surface area contributed by atoms with Crippen molar-refractivity contribution < 1.29 is 9.59 Å². The first-order valence-electron chi connectivity index (χ1n) is 7.48. The molecule has 0 saturated carbocycles. The molecule has 3 rings (SSSR count). The third kappa shape index (κ3) is 2.54. The Morgan fingerprint density at radius 1 is 1.04 bits per heavy atom. The predicted octanol–water partition coefficient (Wildman–Crippen LogP) is 2.89. The minimum atomic E-state index is -0.482. The zero-order valence-corrected chi connectivity index (χ0v) is 13.7. The van der Waals surface area contributed by atoms with Crippen molar-refractivity contribution in [1.29, 1.82) is 0 Å². The lowest BCUT2D eigenvalue weighted by Crippen LogP contribution is -2.22. The second-order valence-electron chi connectivity index (χ2n) is 5.85. The number of urea groups is 1. The number of rotatable bonds is 2. The van der Waals surface area contributed by atoms with Crippen molar-refractivity contribution in [3.8, 4) is 5.69 Å². The van der Waals surface area contributed by atoms with Gasteiger partial charge >= 0.3 is 6.03 Å². The zero-order chi connectivity index (χ0) is 16.7. The first kappa shape index (κ1) is 15.1. The van der Waals surface area contributed by atoms with Crippen LogP contribution in [0.3, 0.4) is 0 Å². The van der Waals surface area contributed by atoms with Gasteiger partial charge in [0.1, 0.15) is 5.70 Å². The molecule has 118 valence electrons. The van der Waals surface area contributed by atoms with Crippen LogP contribution >= 0.6 is 0 Å². The first-order valence-corrected chi connectivity index (χ1v) is 7.48. The number of benzene rings is 1. The molecule has 1 aliphatic rings. The molecule has 0 unspecified atom stereocenters. The van der Waals surface area contributed by atoms with Gasteiger partial charge in [0, 0.05) is 17.1 Å². The molecular formula is C18H19N3O2. The van der Waals surface area contributed by atoms with Gasteiger partial charge < -0.3 is 9.88 Å². The van der Waals surface area contributed by atoms with Crippen LogP contribution in [0.5, 0.6) is 0 Å². The number of aromatic nitrogens is 1. The van der Waals surface area contributed by atoms with Crippen LogP contribution < -0.4 is 10.6 Å². The molecule has 2 aromatic rings. The molecule has 2 heterocycles. The SMILES string of the molecule is Cc1cccc(-n2c(C)cc(/C=C3/NC(=O)NC3=O)c2C)c1C. The summed E-state index contributed by atoms with van der Waals surface area (Å²) in [5.74, 6) is -0.397. The molecular weight excluding hydrogens is 290 g/mol. The summed E-state index contributed by atoms with van der Waals surface area (Å²) in [6.07, 6.45) is 1.71. The Labute approximate surface area is 135 Å². The molecule has 1 fully saturated rings.